The number of nitrogens with zero attached hydrogens (tertiary/aromatic N) is 1. The number of rotatable bonds is 1. The standard InChI is InChI=1S/C15H16N2O3/c1-8(2)11-5-9-6-13(19)15(20)16-14(9)12-7-10(18)3-4-17(11)12/h3-4,6-8,11,19H,5H2,1-2H3,(H,16,20). The molecule has 5 heteroatoms. The molecular formula is C15H16N2O3. The molecule has 0 fully saturated rings. The minimum atomic E-state index is -0.533. The van der Waals surface area contributed by atoms with Crippen LogP contribution in [0.15, 0.2) is 34.0 Å². The molecule has 2 N–H and O–H groups in total. The van der Waals surface area contributed by atoms with Crippen molar-refractivity contribution in [1.29, 1.82) is 0 Å². The van der Waals surface area contributed by atoms with Gasteiger partial charge >= 0.3 is 0 Å². The Bertz CT molecular complexity index is 786. The number of hydrogen-bond donors (Lipinski definition) is 2. The number of nitrogens with one attached hydrogen (secondary N) is 1. The average Bonchev–Trinajstić information content (AvgIpc) is 2.39. The lowest BCUT2D eigenvalue weighted by atomic mass is 9.90. The SMILES string of the molecule is CC(C)C1Cc2cc(O)c(=O)[nH]c2-c2cc(=O)ccn21. The van der Waals surface area contributed by atoms with Gasteiger partial charge in [0.1, 0.15) is 0 Å². The van der Waals surface area contributed by atoms with Gasteiger partial charge in [0.15, 0.2) is 11.2 Å². The fourth-order valence-corrected chi connectivity index (χ4v) is 2.81. The van der Waals surface area contributed by atoms with Crippen molar-refractivity contribution >= 4 is 0 Å². The first-order valence-corrected chi connectivity index (χ1v) is 6.65. The monoisotopic (exact) mass is 272 g/mol. The second kappa shape index (κ2) is 4.37. The third kappa shape index (κ3) is 1.86. The van der Waals surface area contributed by atoms with E-state index < -0.39 is 5.56 Å². The topological polar surface area (TPSA) is 75.1 Å². The number of aromatic amines is 1. The molecule has 2 aromatic heterocycles. The third-order valence-corrected chi connectivity index (χ3v) is 3.87. The fraction of sp³-hybridized carbons (Fsp3) is 0.333. The highest BCUT2D eigenvalue weighted by Crippen LogP contribution is 2.35. The van der Waals surface area contributed by atoms with Crippen LogP contribution in [-0.2, 0) is 6.42 Å². The van der Waals surface area contributed by atoms with Crippen LogP contribution in [-0.4, -0.2) is 14.7 Å². The van der Waals surface area contributed by atoms with Gasteiger partial charge in [-0.05, 0) is 24.0 Å². The molecule has 1 aliphatic rings. The first kappa shape index (κ1) is 12.7. The summed E-state index contributed by atoms with van der Waals surface area (Å²) in [6.07, 6.45) is 2.49. The van der Waals surface area contributed by atoms with Gasteiger partial charge in [0, 0.05) is 24.4 Å². The Hall–Kier alpha value is -2.30. The largest absolute Gasteiger partial charge is 0.503 e. The predicted molar refractivity (Wildman–Crippen MR) is 76.0 cm³/mol. The molecule has 0 saturated heterocycles. The van der Waals surface area contributed by atoms with Crippen molar-refractivity contribution in [2.24, 2.45) is 5.92 Å². The molecule has 0 aromatic carbocycles. The van der Waals surface area contributed by atoms with Crippen LogP contribution in [0, 0.1) is 5.92 Å². The lowest BCUT2D eigenvalue weighted by molar-refractivity contribution is 0.366. The summed E-state index contributed by atoms with van der Waals surface area (Å²) >= 11 is 0. The van der Waals surface area contributed by atoms with Crippen LogP contribution >= 0.6 is 0 Å². The van der Waals surface area contributed by atoms with Crippen LogP contribution in [0.2, 0.25) is 0 Å². The summed E-state index contributed by atoms with van der Waals surface area (Å²) in [6.45, 7) is 4.23. The van der Waals surface area contributed by atoms with Crippen LogP contribution in [0.1, 0.15) is 25.5 Å². The number of aromatic nitrogens is 2. The molecule has 3 heterocycles. The Morgan fingerprint density at radius 1 is 1.35 bits per heavy atom. The molecule has 0 amide bonds. The molecular weight excluding hydrogens is 256 g/mol. The lowest BCUT2D eigenvalue weighted by Crippen LogP contribution is -2.27. The van der Waals surface area contributed by atoms with Gasteiger partial charge in [-0.3, -0.25) is 9.59 Å². The van der Waals surface area contributed by atoms with Crippen molar-refractivity contribution in [2.75, 3.05) is 0 Å². The summed E-state index contributed by atoms with van der Waals surface area (Å²) in [7, 11) is 0. The minimum Gasteiger partial charge on any atom is -0.503 e. The maximum absolute atomic E-state index is 11.6. The van der Waals surface area contributed by atoms with Crippen LogP contribution in [0.4, 0.5) is 0 Å². The molecule has 3 rings (SSSR count). The van der Waals surface area contributed by atoms with Crippen molar-refractivity contribution in [3.63, 3.8) is 0 Å². The molecule has 1 aliphatic heterocycles. The maximum Gasteiger partial charge on any atom is 0.290 e. The summed E-state index contributed by atoms with van der Waals surface area (Å²) < 4.78 is 2.03. The van der Waals surface area contributed by atoms with Gasteiger partial charge in [0.05, 0.1) is 11.4 Å². The van der Waals surface area contributed by atoms with E-state index >= 15 is 0 Å². The highest BCUT2D eigenvalue weighted by Gasteiger charge is 2.27. The first-order valence-electron chi connectivity index (χ1n) is 6.65. The summed E-state index contributed by atoms with van der Waals surface area (Å²) in [5.74, 6) is 0.0939. The highest BCUT2D eigenvalue weighted by atomic mass is 16.3. The Balaban J connectivity index is 2.33. The summed E-state index contributed by atoms with van der Waals surface area (Å²) in [6, 6.07) is 4.76. The van der Waals surface area contributed by atoms with Crippen LogP contribution < -0.4 is 11.0 Å². The van der Waals surface area contributed by atoms with E-state index in [0.29, 0.717) is 23.7 Å². The van der Waals surface area contributed by atoms with Crippen molar-refractivity contribution in [2.45, 2.75) is 26.3 Å². The summed E-state index contributed by atoms with van der Waals surface area (Å²) in [5.41, 5.74) is 1.57. The van der Waals surface area contributed by atoms with Crippen molar-refractivity contribution in [3.8, 4) is 17.1 Å². The van der Waals surface area contributed by atoms with E-state index in [1.807, 2.05) is 4.57 Å². The second-order valence-corrected chi connectivity index (χ2v) is 5.55. The number of pyridine rings is 2. The number of H-pyrrole nitrogens is 1. The molecule has 104 valence electrons. The van der Waals surface area contributed by atoms with E-state index in [0.717, 1.165) is 5.56 Å². The molecule has 2 aromatic rings. The Morgan fingerprint density at radius 3 is 2.80 bits per heavy atom. The van der Waals surface area contributed by atoms with E-state index in [-0.39, 0.29) is 17.2 Å². The second-order valence-electron chi connectivity index (χ2n) is 5.55. The van der Waals surface area contributed by atoms with E-state index in [1.54, 1.807) is 6.20 Å². The van der Waals surface area contributed by atoms with E-state index in [9.17, 15) is 14.7 Å². The zero-order valence-corrected chi connectivity index (χ0v) is 11.4. The zero-order chi connectivity index (χ0) is 14.4. The highest BCUT2D eigenvalue weighted by molar-refractivity contribution is 5.62. The third-order valence-electron chi connectivity index (χ3n) is 3.87. The molecule has 0 aliphatic carbocycles. The maximum atomic E-state index is 11.6. The van der Waals surface area contributed by atoms with Crippen molar-refractivity contribution in [3.05, 3.63) is 50.5 Å². The van der Waals surface area contributed by atoms with Gasteiger partial charge in [-0.15, -0.1) is 0 Å². The van der Waals surface area contributed by atoms with Crippen molar-refractivity contribution < 1.29 is 5.11 Å². The molecule has 1 unspecified atom stereocenters. The van der Waals surface area contributed by atoms with Gasteiger partial charge in [0.25, 0.3) is 5.56 Å². The van der Waals surface area contributed by atoms with E-state index in [4.69, 9.17) is 0 Å². The molecule has 0 spiro atoms. The number of fused-ring (bicyclic) bond motifs is 3. The average molecular weight is 272 g/mol. The van der Waals surface area contributed by atoms with Gasteiger partial charge in [-0.25, -0.2) is 0 Å². The van der Waals surface area contributed by atoms with E-state index in [1.165, 1.54) is 18.2 Å². The van der Waals surface area contributed by atoms with Crippen LogP contribution in [0.3, 0.4) is 0 Å². The lowest BCUT2D eigenvalue weighted by Gasteiger charge is -2.32. The van der Waals surface area contributed by atoms with Gasteiger partial charge < -0.3 is 14.7 Å². The summed E-state index contributed by atoms with van der Waals surface area (Å²) in [4.78, 5) is 25.9. The van der Waals surface area contributed by atoms with Gasteiger partial charge in [-0.1, -0.05) is 13.8 Å². The van der Waals surface area contributed by atoms with E-state index in [2.05, 4.69) is 18.8 Å². The first-order chi connectivity index (χ1) is 9.47. The Kier molecular flexibility index (Phi) is 2.78. The molecule has 0 bridgehead atoms. The zero-order valence-electron chi connectivity index (χ0n) is 11.4. The Labute approximate surface area is 115 Å². The van der Waals surface area contributed by atoms with Gasteiger partial charge in [0.2, 0.25) is 0 Å². The molecule has 1 atom stereocenters. The smallest absolute Gasteiger partial charge is 0.290 e. The normalized spacial score (nSPS) is 16.9. The molecule has 20 heavy (non-hydrogen) atoms. The van der Waals surface area contributed by atoms with Crippen LogP contribution in [0.25, 0.3) is 11.4 Å². The van der Waals surface area contributed by atoms with Crippen LogP contribution in [0.5, 0.6) is 5.75 Å². The van der Waals surface area contributed by atoms with Crippen molar-refractivity contribution in [1.82, 2.24) is 9.55 Å². The minimum absolute atomic E-state index is 0.0967. The van der Waals surface area contributed by atoms with Gasteiger partial charge in [-0.2, -0.15) is 0 Å². The fourth-order valence-electron chi connectivity index (χ4n) is 2.81. The predicted octanol–water partition coefficient (Wildman–Crippen LogP) is 1.66. The molecule has 0 saturated carbocycles. The molecule has 5 nitrogen and oxygen atoms in total. The quantitative estimate of drug-likeness (QED) is 0.829. The number of hydrogen-bond acceptors (Lipinski definition) is 3. The number of aromatic hydroxyl groups is 1. The summed E-state index contributed by atoms with van der Waals surface area (Å²) in [5, 5.41) is 9.59. The Morgan fingerprint density at radius 2 is 2.10 bits per heavy atom. The molecule has 0 radical (unpaired) electrons.